The monoisotopic (exact) mass is 501 g/mol. The first-order valence-electron chi connectivity index (χ1n) is 11.4. The van der Waals surface area contributed by atoms with Gasteiger partial charge in [-0.25, -0.2) is 18.0 Å². The standard InChI is InChI=1S/C26H26F3N3O4/c1-13(18-12-30-23(33)17-11-20(29)19(28)10-16(17)18)31(5)24(34)22-9-14-8-15(27)6-7-21(14)32(22)25(35)36-26(2,3)4/h6-8,10-13,22H,9H2,1-5H3,(H,30,33). The first kappa shape index (κ1) is 25.3. The molecule has 1 aliphatic heterocycles. The lowest BCUT2D eigenvalue weighted by Crippen LogP contribution is -2.50. The van der Waals surface area contributed by atoms with Gasteiger partial charge in [-0.1, -0.05) is 0 Å². The highest BCUT2D eigenvalue weighted by atomic mass is 19.2. The number of carbonyl (C=O) groups is 2. The molecule has 10 heteroatoms. The molecule has 0 spiro atoms. The molecule has 0 saturated carbocycles. The van der Waals surface area contributed by atoms with E-state index < -0.39 is 52.7 Å². The van der Waals surface area contributed by atoms with E-state index in [0.717, 1.165) is 12.1 Å². The van der Waals surface area contributed by atoms with Gasteiger partial charge >= 0.3 is 6.09 Å². The third-order valence-electron chi connectivity index (χ3n) is 6.25. The van der Waals surface area contributed by atoms with Crippen LogP contribution in [0, 0.1) is 17.5 Å². The van der Waals surface area contributed by atoms with E-state index in [-0.39, 0.29) is 17.2 Å². The van der Waals surface area contributed by atoms with Gasteiger partial charge in [0.15, 0.2) is 11.6 Å². The van der Waals surface area contributed by atoms with Crippen molar-refractivity contribution in [2.24, 2.45) is 0 Å². The van der Waals surface area contributed by atoms with Crippen molar-refractivity contribution in [3.63, 3.8) is 0 Å². The summed E-state index contributed by atoms with van der Waals surface area (Å²) >= 11 is 0. The predicted molar refractivity (Wildman–Crippen MR) is 128 cm³/mol. The summed E-state index contributed by atoms with van der Waals surface area (Å²) in [5.74, 6) is -3.26. The molecule has 3 aromatic rings. The van der Waals surface area contributed by atoms with Crippen LogP contribution < -0.4 is 10.5 Å². The Bertz CT molecular complexity index is 1430. The Morgan fingerprint density at radius 2 is 1.75 bits per heavy atom. The van der Waals surface area contributed by atoms with Crippen LogP contribution in [0.15, 0.2) is 41.3 Å². The Labute approximate surface area is 205 Å². The van der Waals surface area contributed by atoms with Gasteiger partial charge in [-0.3, -0.25) is 14.5 Å². The van der Waals surface area contributed by atoms with E-state index in [2.05, 4.69) is 4.98 Å². The van der Waals surface area contributed by atoms with Crippen LogP contribution in [0.5, 0.6) is 0 Å². The molecule has 2 atom stereocenters. The smallest absolute Gasteiger partial charge is 0.415 e. The molecule has 0 aliphatic carbocycles. The number of aromatic amines is 1. The second kappa shape index (κ2) is 9.00. The molecule has 4 rings (SSSR count). The quantitative estimate of drug-likeness (QED) is 0.557. The summed E-state index contributed by atoms with van der Waals surface area (Å²) in [7, 11) is 1.50. The van der Waals surface area contributed by atoms with Crippen molar-refractivity contribution < 1.29 is 27.5 Å². The number of nitrogens with one attached hydrogen (secondary N) is 1. The van der Waals surface area contributed by atoms with Gasteiger partial charge in [0.2, 0.25) is 5.91 Å². The number of aromatic nitrogens is 1. The summed E-state index contributed by atoms with van der Waals surface area (Å²) < 4.78 is 47.2. The highest BCUT2D eigenvalue weighted by molar-refractivity contribution is 6.01. The van der Waals surface area contributed by atoms with Gasteiger partial charge in [-0.15, -0.1) is 0 Å². The molecule has 7 nitrogen and oxygen atoms in total. The van der Waals surface area contributed by atoms with Crippen molar-refractivity contribution in [1.82, 2.24) is 9.88 Å². The molecule has 0 radical (unpaired) electrons. The highest BCUT2D eigenvalue weighted by Gasteiger charge is 2.42. The molecular formula is C26H26F3N3O4. The minimum absolute atomic E-state index is 0.0572. The molecule has 0 saturated heterocycles. The average molecular weight is 502 g/mol. The minimum atomic E-state index is -1.16. The first-order valence-corrected chi connectivity index (χ1v) is 11.4. The fraction of sp³-hybridized carbons (Fsp3) is 0.346. The maximum Gasteiger partial charge on any atom is 0.415 e. The molecule has 0 bridgehead atoms. The third-order valence-corrected chi connectivity index (χ3v) is 6.25. The van der Waals surface area contributed by atoms with E-state index in [1.54, 1.807) is 27.7 Å². The highest BCUT2D eigenvalue weighted by Crippen LogP contribution is 2.36. The Morgan fingerprint density at radius 1 is 1.11 bits per heavy atom. The van der Waals surface area contributed by atoms with Gasteiger partial charge in [0, 0.05) is 19.7 Å². The lowest BCUT2D eigenvalue weighted by molar-refractivity contribution is -0.133. The van der Waals surface area contributed by atoms with Crippen LogP contribution in [0.4, 0.5) is 23.7 Å². The molecule has 1 aliphatic rings. The summed E-state index contributed by atoms with van der Waals surface area (Å²) in [6, 6.07) is 3.91. The number of likely N-dealkylation sites (N-methyl/N-ethyl adjacent to an activating group) is 1. The van der Waals surface area contributed by atoms with Crippen LogP contribution in [0.2, 0.25) is 0 Å². The van der Waals surface area contributed by atoms with Gasteiger partial charge in [-0.05, 0) is 74.5 Å². The number of hydrogen-bond donors (Lipinski definition) is 1. The Kier molecular flexibility index (Phi) is 6.32. The molecule has 2 heterocycles. The van der Waals surface area contributed by atoms with Crippen LogP contribution in [0.3, 0.4) is 0 Å². The van der Waals surface area contributed by atoms with Gasteiger partial charge < -0.3 is 14.6 Å². The largest absolute Gasteiger partial charge is 0.443 e. The number of benzene rings is 2. The molecule has 190 valence electrons. The van der Waals surface area contributed by atoms with Crippen LogP contribution in [0.25, 0.3) is 10.8 Å². The van der Waals surface area contributed by atoms with E-state index in [4.69, 9.17) is 4.74 Å². The van der Waals surface area contributed by atoms with Crippen molar-refractivity contribution in [3.05, 3.63) is 75.5 Å². The zero-order valence-electron chi connectivity index (χ0n) is 20.5. The molecule has 2 amide bonds. The SMILES string of the molecule is CC(c1c[nH]c(=O)c2cc(F)c(F)cc12)N(C)C(=O)C1Cc2cc(F)ccc2N1C(=O)OC(C)(C)C. The number of hydrogen-bond acceptors (Lipinski definition) is 4. The van der Waals surface area contributed by atoms with E-state index in [0.29, 0.717) is 16.8 Å². The van der Waals surface area contributed by atoms with E-state index in [1.165, 1.54) is 41.2 Å². The second-order valence-electron chi connectivity index (χ2n) is 9.85. The number of nitrogens with zero attached hydrogens (tertiary/aromatic N) is 2. The number of anilines is 1. The number of halogens is 3. The third kappa shape index (κ3) is 4.55. The summed E-state index contributed by atoms with van der Waals surface area (Å²) in [5.41, 5.74) is -0.201. The number of H-pyrrole nitrogens is 1. The topological polar surface area (TPSA) is 82.7 Å². The number of rotatable bonds is 3. The maximum absolute atomic E-state index is 14.0. The number of carbonyl (C=O) groups excluding carboxylic acids is 2. The normalized spacial score (nSPS) is 16.1. The zero-order chi connectivity index (χ0) is 26.5. The van der Waals surface area contributed by atoms with Gasteiger partial charge in [0.1, 0.15) is 17.5 Å². The number of fused-ring (bicyclic) bond motifs is 2. The maximum atomic E-state index is 14.0. The first-order chi connectivity index (χ1) is 16.8. The van der Waals surface area contributed by atoms with Crippen molar-refractivity contribution in [2.45, 2.75) is 51.8 Å². The van der Waals surface area contributed by atoms with Gasteiger partial charge in [0.25, 0.3) is 5.56 Å². The van der Waals surface area contributed by atoms with E-state index >= 15 is 0 Å². The molecule has 2 unspecified atom stereocenters. The van der Waals surface area contributed by atoms with Gasteiger partial charge in [-0.2, -0.15) is 0 Å². The fourth-order valence-electron chi connectivity index (χ4n) is 4.41. The van der Waals surface area contributed by atoms with Crippen LogP contribution in [-0.4, -0.2) is 40.6 Å². The number of pyridine rings is 1. The summed E-state index contributed by atoms with van der Waals surface area (Å²) in [4.78, 5) is 44.0. The molecule has 0 fully saturated rings. The molecule has 1 aromatic heterocycles. The summed E-state index contributed by atoms with van der Waals surface area (Å²) in [6.07, 6.45) is 0.661. The van der Waals surface area contributed by atoms with Crippen molar-refractivity contribution in [3.8, 4) is 0 Å². The number of amides is 2. The van der Waals surface area contributed by atoms with Crippen molar-refractivity contribution in [2.75, 3.05) is 11.9 Å². The molecule has 36 heavy (non-hydrogen) atoms. The van der Waals surface area contributed by atoms with Crippen LogP contribution >= 0.6 is 0 Å². The second-order valence-corrected chi connectivity index (χ2v) is 9.85. The van der Waals surface area contributed by atoms with Crippen molar-refractivity contribution >= 4 is 28.5 Å². The Morgan fingerprint density at radius 3 is 2.39 bits per heavy atom. The predicted octanol–water partition coefficient (Wildman–Crippen LogP) is 4.83. The number of ether oxygens (including phenoxy) is 1. The lowest BCUT2D eigenvalue weighted by Gasteiger charge is -2.33. The average Bonchev–Trinajstić information content (AvgIpc) is 3.16. The lowest BCUT2D eigenvalue weighted by atomic mass is 10.0. The van der Waals surface area contributed by atoms with Crippen molar-refractivity contribution in [1.29, 1.82) is 0 Å². The van der Waals surface area contributed by atoms with Gasteiger partial charge in [0.05, 0.1) is 17.1 Å². The minimum Gasteiger partial charge on any atom is -0.443 e. The molecular weight excluding hydrogens is 475 g/mol. The Hall–Kier alpha value is -3.82. The zero-order valence-corrected chi connectivity index (χ0v) is 20.5. The van der Waals surface area contributed by atoms with Crippen LogP contribution in [-0.2, 0) is 16.0 Å². The van der Waals surface area contributed by atoms with Crippen LogP contribution in [0.1, 0.15) is 44.9 Å². The molecule has 2 aromatic carbocycles. The Balaban J connectivity index is 1.71. The summed E-state index contributed by atoms with van der Waals surface area (Å²) in [6.45, 7) is 6.74. The molecule has 1 N–H and O–H groups in total. The van der Waals surface area contributed by atoms with E-state index in [9.17, 15) is 27.6 Å². The fourth-order valence-corrected chi connectivity index (χ4v) is 4.41. The summed E-state index contributed by atoms with van der Waals surface area (Å²) in [5, 5.41) is 0.101. The van der Waals surface area contributed by atoms with E-state index in [1.807, 2.05) is 0 Å².